The first-order valence-corrected chi connectivity index (χ1v) is 30.0. The molecule has 0 fully saturated rings. The van der Waals surface area contributed by atoms with Crippen molar-refractivity contribution in [2.75, 3.05) is 0 Å². The number of aromatic nitrogens is 16. The molecule has 0 amide bonds. The van der Waals surface area contributed by atoms with Gasteiger partial charge in [0.1, 0.15) is 54.1 Å². The van der Waals surface area contributed by atoms with Crippen LogP contribution >= 0.6 is 0 Å². The normalized spacial score (nSPS) is 12.1. The summed E-state index contributed by atoms with van der Waals surface area (Å²) in [5, 5.41) is 4.36. The summed E-state index contributed by atoms with van der Waals surface area (Å²) in [6, 6.07) is 54.5. The molecule has 16 bridgehead atoms. The number of rotatable bonds is 2. The number of aromatic amines is 3. The second-order valence-corrected chi connectivity index (χ2v) is 23.4. The van der Waals surface area contributed by atoms with Gasteiger partial charge in [-0.3, -0.25) is 0 Å². The maximum Gasteiger partial charge on any atom is 2.00 e. The molecule has 0 atom stereocenters. The predicted molar refractivity (Wildman–Crippen MR) is 327 cm³/mol. The van der Waals surface area contributed by atoms with Crippen LogP contribution in [0.3, 0.4) is 0 Å². The Morgan fingerprint density at radius 2 is 0.511 bits per heavy atom. The average Bonchev–Trinajstić information content (AvgIpc) is 1.61. The van der Waals surface area contributed by atoms with Gasteiger partial charge in [0, 0.05) is 88.1 Å². The molecule has 429 valence electrons. The van der Waals surface area contributed by atoms with Gasteiger partial charge in [-0.15, -0.1) is 0 Å². The Bertz CT molecular complexity index is 5700. The smallest absolute Gasteiger partial charge is 0.744 e. The predicted octanol–water partition coefficient (Wildman–Crippen LogP) is 8.18. The summed E-state index contributed by atoms with van der Waals surface area (Å²) < 4.78 is 74.4. The molecule has 4 aliphatic heterocycles. The Labute approximate surface area is 539 Å². The SMILES string of the molecule is O=S(=O)([O-])c1cccc2c3nc4nc(nc5[n-]c(nc6nc(nc([nH]3)c12)-c1ccccc1-6)c1ccccc51)-c1ccccc1-4.O=S(=O)([O-])c1cccc2c3nc4nc(nc5[nH]c(nc6nc(nc([nH]3)c12)-c1ccccc1-6)c1ccccc51)-c1ccccc1-4.[Cu+2].[Na+]. The number of hydrogen-bond donors (Lipinski definition) is 3. The molecule has 10 heterocycles. The fourth-order valence-corrected chi connectivity index (χ4v) is 13.1. The van der Waals surface area contributed by atoms with E-state index in [-0.39, 0.29) is 74.3 Å². The summed E-state index contributed by atoms with van der Waals surface area (Å²) in [7, 11) is -9.74. The van der Waals surface area contributed by atoms with Gasteiger partial charge < -0.3 is 39.0 Å². The van der Waals surface area contributed by atoms with Crippen molar-refractivity contribution in [1.29, 1.82) is 0 Å². The van der Waals surface area contributed by atoms with Gasteiger partial charge in [0.15, 0.2) is 34.9 Å². The van der Waals surface area contributed by atoms with Crippen molar-refractivity contribution in [3.8, 4) is 91.1 Å². The molecule has 90 heavy (non-hydrogen) atoms. The molecule has 26 heteroatoms. The summed E-state index contributed by atoms with van der Waals surface area (Å²) in [4.78, 5) is 71.6. The van der Waals surface area contributed by atoms with Crippen LogP contribution in [0.1, 0.15) is 0 Å². The van der Waals surface area contributed by atoms with E-state index in [0.717, 1.165) is 54.9 Å². The summed E-state index contributed by atoms with van der Waals surface area (Å²) in [6.45, 7) is 0. The van der Waals surface area contributed by atoms with Gasteiger partial charge in [-0.2, -0.15) is 0 Å². The van der Waals surface area contributed by atoms with Gasteiger partial charge in [0.2, 0.25) is 0 Å². The van der Waals surface area contributed by atoms with Crippen LogP contribution < -0.4 is 34.5 Å². The maximum atomic E-state index is 12.4. The summed E-state index contributed by atoms with van der Waals surface area (Å²) in [6.07, 6.45) is 0. The Balaban J connectivity index is 0.000000147. The monoisotopic (exact) mass is 1270 g/mol. The van der Waals surface area contributed by atoms with E-state index < -0.39 is 30.0 Å². The minimum atomic E-state index is -4.87. The van der Waals surface area contributed by atoms with Crippen LogP contribution in [0.25, 0.3) is 179 Å². The number of hydrogen-bond acceptors (Lipinski definition) is 18. The number of H-pyrrole nitrogens is 3. The van der Waals surface area contributed by atoms with Crippen LogP contribution in [0.5, 0.6) is 0 Å². The second-order valence-electron chi connectivity index (χ2n) is 20.7. The van der Waals surface area contributed by atoms with Gasteiger partial charge in [-0.25, -0.2) is 66.7 Å². The van der Waals surface area contributed by atoms with Crippen LogP contribution in [0.4, 0.5) is 0 Å². The van der Waals surface area contributed by atoms with Crippen LogP contribution in [0.15, 0.2) is 192 Å². The molecule has 0 unspecified atom stereocenters. The maximum absolute atomic E-state index is 12.4. The number of nitrogens with zero attached hydrogens (tertiary/aromatic N) is 13. The molecule has 14 aromatic rings. The van der Waals surface area contributed by atoms with Crippen molar-refractivity contribution >= 4 is 109 Å². The van der Waals surface area contributed by atoms with Crippen molar-refractivity contribution in [3.63, 3.8) is 0 Å². The first-order chi connectivity index (χ1) is 42.8. The molecule has 4 aliphatic rings. The minimum Gasteiger partial charge on any atom is -0.744 e. The zero-order chi connectivity index (χ0) is 59.2. The third-order valence-corrected chi connectivity index (χ3v) is 17.3. The van der Waals surface area contributed by atoms with Crippen LogP contribution in [-0.4, -0.2) is 101 Å². The van der Waals surface area contributed by atoms with E-state index in [2.05, 4.69) is 15.0 Å². The third kappa shape index (κ3) is 9.17. The zero-order valence-corrected chi connectivity index (χ0v) is 50.8. The Morgan fingerprint density at radius 3 is 0.811 bits per heavy atom. The molecule has 0 aliphatic carbocycles. The minimum absolute atomic E-state index is 0. The molecule has 6 aromatic heterocycles. The molecule has 0 saturated heterocycles. The molecule has 1 radical (unpaired) electrons. The van der Waals surface area contributed by atoms with Crippen LogP contribution in [0.2, 0.25) is 0 Å². The van der Waals surface area contributed by atoms with Crippen molar-refractivity contribution in [2.24, 2.45) is 0 Å². The summed E-state index contributed by atoms with van der Waals surface area (Å²) in [5.41, 5.74) is 8.76. The van der Waals surface area contributed by atoms with Gasteiger partial charge in [-0.1, -0.05) is 170 Å². The van der Waals surface area contributed by atoms with Gasteiger partial charge in [-0.05, 0) is 22.9 Å². The molecule has 3 N–H and O–H groups in total. The third-order valence-electron chi connectivity index (χ3n) is 15.6. The van der Waals surface area contributed by atoms with E-state index in [1.807, 2.05) is 146 Å². The van der Waals surface area contributed by atoms with E-state index >= 15 is 0 Å². The molecule has 0 spiro atoms. The van der Waals surface area contributed by atoms with Crippen LogP contribution in [0, 0.1) is 0 Å². The van der Waals surface area contributed by atoms with Crippen LogP contribution in [-0.2, 0) is 37.3 Å². The number of nitrogens with one attached hydrogen (secondary N) is 3. The molecular weight excluding hydrogens is 1240 g/mol. The molecule has 8 aromatic carbocycles. The Morgan fingerprint density at radius 1 is 0.278 bits per heavy atom. The summed E-state index contributed by atoms with van der Waals surface area (Å²) in [5.74, 6) is 3.00. The second kappa shape index (κ2) is 21.3. The average molecular weight is 1270 g/mol. The van der Waals surface area contributed by atoms with Crippen molar-refractivity contribution < 1.29 is 72.6 Å². The largest absolute Gasteiger partial charge is 2.00 e. The van der Waals surface area contributed by atoms with E-state index in [4.69, 9.17) is 64.8 Å². The van der Waals surface area contributed by atoms with E-state index in [0.29, 0.717) is 96.7 Å². The van der Waals surface area contributed by atoms with Crippen molar-refractivity contribution in [2.45, 2.75) is 9.79 Å². The Hall–Kier alpha value is -10.2. The van der Waals surface area contributed by atoms with Crippen molar-refractivity contribution in [1.82, 2.24) is 79.7 Å². The standard InChI is InChI=1S/C32H18N8O3S.C32H17N8O3S.Cu.Na/c2*41-44(42,43)23-15-7-14-22-24(23)32-39-30-21-13-6-5-12-20(21)28(37-30)35-26-17-9-2-1-8-16(17)25(33-26)34-27-18-10-3-4-11-19(18)29(36-27)38-31(22)40-32;;/h1-15H,(H,41,42,43)(H2,33,34,35,36,37,38,39,40);1-15H,(H2-,33,34,35,36,37,38,39,40,41,42,43);;/q;-1;+2;+1/p-2. The first kappa shape index (κ1) is 56.3. The van der Waals surface area contributed by atoms with Gasteiger partial charge in [0.25, 0.3) is 0 Å². The summed E-state index contributed by atoms with van der Waals surface area (Å²) >= 11 is 0. The number of fused-ring (bicyclic) bond motifs is 40. The van der Waals surface area contributed by atoms with E-state index in [9.17, 15) is 25.9 Å². The topological polar surface area (TPSA) is 331 Å². The zero-order valence-electron chi connectivity index (χ0n) is 46.2. The van der Waals surface area contributed by atoms with Gasteiger partial charge >= 0.3 is 46.6 Å². The first-order valence-electron chi connectivity index (χ1n) is 27.2. The fourth-order valence-electron chi connectivity index (χ4n) is 11.7. The molecular formula is C64H33CuN16NaO6S2. The van der Waals surface area contributed by atoms with Crippen molar-refractivity contribution in [3.05, 3.63) is 182 Å². The van der Waals surface area contributed by atoms with E-state index in [1.165, 1.54) is 24.3 Å². The molecule has 0 saturated carbocycles. The quantitative estimate of drug-likeness (QED) is 0.108. The molecule has 18 rings (SSSR count). The van der Waals surface area contributed by atoms with Gasteiger partial charge in [0.05, 0.1) is 21.4 Å². The number of benzene rings is 8. The Kier molecular flexibility index (Phi) is 13.3. The molecule has 22 nitrogen and oxygen atoms in total. The van der Waals surface area contributed by atoms with E-state index in [1.54, 1.807) is 12.1 Å². The fraction of sp³-hybridized carbons (Fsp3) is 0.